The van der Waals surface area contributed by atoms with Crippen molar-refractivity contribution in [2.45, 2.75) is 19.9 Å². The highest BCUT2D eigenvalue weighted by Crippen LogP contribution is 2.31. The van der Waals surface area contributed by atoms with Crippen LogP contribution in [-0.4, -0.2) is 23.6 Å². The van der Waals surface area contributed by atoms with Gasteiger partial charge in [-0.2, -0.15) is 0 Å². The van der Waals surface area contributed by atoms with Gasteiger partial charge in [-0.3, -0.25) is 14.2 Å². The van der Waals surface area contributed by atoms with Crippen molar-refractivity contribution in [3.05, 3.63) is 103 Å². The Morgan fingerprint density at radius 2 is 1.79 bits per heavy atom. The van der Waals surface area contributed by atoms with E-state index in [2.05, 4.69) is 4.99 Å². The van der Waals surface area contributed by atoms with Crippen LogP contribution in [0.3, 0.4) is 0 Å². The molecule has 1 atom stereocenters. The van der Waals surface area contributed by atoms with Gasteiger partial charge >= 0.3 is 11.9 Å². The van der Waals surface area contributed by atoms with Crippen molar-refractivity contribution in [3.63, 3.8) is 0 Å². The average Bonchev–Trinajstić information content (AvgIpc) is 3.13. The Bertz CT molecular complexity index is 1480. The van der Waals surface area contributed by atoms with Crippen molar-refractivity contribution in [1.29, 1.82) is 0 Å². The van der Waals surface area contributed by atoms with Gasteiger partial charge in [0.15, 0.2) is 4.80 Å². The topological polar surface area (TPSA) is 87.0 Å². The number of aromatic nitrogens is 1. The lowest BCUT2D eigenvalue weighted by molar-refractivity contribution is -0.136. The molecule has 3 aromatic rings. The van der Waals surface area contributed by atoms with E-state index in [0.29, 0.717) is 26.3 Å². The summed E-state index contributed by atoms with van der Waals surface area (Å²) >= 11 is 1.25. The van der Waals surface area contributed by atoms with Gasteiger partial charge in [-0.25, -0.2) is 9.79 Å². The molecule has 7 nitrogen and oxygen atoms in total. The summed E-state index contributed by atoms with van der Waals surface area (Å²) in [6, 6.07) is 15.7. The minimum atomic E-state index is -0.727. The first-order valence-electron chi connectivity index (χ1n) is 10.5. The smallest absolute Gasteiger partial charge is 0.338 e. The molecule has 34 heavy (non-hydrogen) atoms. The fourth-order valence-corrected chi connectivity index (χ4v) is 4.72. The van der Waals surface area contributed by atoms with Crippen LogP contribution in [-0.2, 0) is 14.3 Å². The Morgan fingerprint density at radius 3 is 2.44 bits per heavy atom. The fourth-order valence-electron chi connectivity index (χ4n) is 3.72. The van der Waals surface area contributed by atoms with Gasteiger partial charge in [0.1, 0.15) is 5.75 Å². The first-order valence-corrected chi connectivity index (χ1v) is 11.3. The number of esters is 2. The third kappa shape index (κ3) is 4.67. The summed E-state index contributed by atoms with van der Waals surface area (Å²) in [7, 11) is 1.29. The Balaban J connectivity index is 1.83. The molecule has 0 unspecified atom stereocenters. The number of fused-ring (bicyclic) bond motifs is 1. The molecule has 0 N–H and O–H groups in total. The van der Waals surface area contributed by atoms with Crippen LogP contribution in [0, 0.1) is 0 Å². The van der Waals surface area contributed by atoms with Crippen molar-refractivity contribution in [2.75, 3.05) is 7.11 Å². The first kappa shape index (κ1) is 23.1. The molecule has 4 rings (SSSR count). The number of thiazole rings is 1. The summed E-state index contributed by atoms with van der Waals surface area (Å²) in [6.07, 6.45) is 5.47. The van der Waals surface area contributed by atoms with Crippen molar-refractivity contribution >= 4 is 35.4 Å². The van der Waals surface area contributed by atoms with Gasteiger partial charge in [0.25, 0.3) is 5.56 Å². The van der Waals surface area contributed by atoms with Gasteiger partial charge in [-0.15, -0.1) is 0 Å². The molecule has 0 bridgehead atoms. The second kappa shape index (κ2) is 9.84. The van der Waals surface area contributed by atoms with E-state index in [1.807, 2.05) is 42.5 Å². The molecule has 172 valence electrons. The van der Waals surface area contributed by atoms with Crippen LogP contribution in [0.1, 0.15) is 31.0 Å². The third-order valence-electron chi connectivity index (χ3n) is 5.22. The van der Waals surface area contributed by atoms with E-state index in [1.165, 1.54) is 29.9 Å². The van der Waals surface area contributed by atoms with E-state index in [4.69, 9.17) is 9.47 Å². The van der Waals surface area contributed by atoms with E-state index in [9.17, 15) is 14.4 Å². The van der Waals surface area contributed by atoms with Gasteiger partial charge in [-0.05, 0) is 36.3 Å². The Hall–Kier alpha value is -4.04. The summed E-state index contributed by atoms with van der Waals surface area (Å²) in [6.45, 7) is 3.04. The molecule has 0 saturated heterocycles. The van der Waals surface area contributed by atoms with E-state index in [-0.39, 0.29) is 11.1 Å². The number of benzene rings is 2. The van der Waals surface area contributed by atoms with Gasteiger partial charge in [0.05, 0.1) is 29.0 Å². The molecule has 1 aliphatic rings. The highest BCUT2D eigenvalue weighted by molar-refractivity contribution is 7.07. The minimum absolute atomic E-state index is 0.260. The summed E-state index contributed by atoms with van der Waals surface area (Å²) < 4.78 is 12.1. The third-order valence-corrected chi connectivity index (χ3v) is 6.22. The molecule has 0 aliphatic carbocycles. The second-order valence-corrected chi connectivity index (χ2v) is 8.54. The molecule has 2 heterocycles. The van der Waals surface area contributed by atoms with Gasteiger partial charge < -0.3 is 9.47 Å². The zero-order chi connectivity index (χ0) is 24.2. The maximum absolute atomic E-state index is 13.4. The number of carbonyl (C=O) groups excluding carboxylic acids is 2. The largest absolute Gasteiger partial charge is 0.466 e. The number of carbonyl (C=O) groups is 2. The maximum Gasteiger partial charge on any atom is 0.338 e. The summed E-state index contributed by atoms with van der Waals surface area (Å²) in [5.41, 5.74) is 2.18. The molecule has 0 radical (unpaired) electrons. The van der Waals surface area contributed by atoms with Crippen LogP contribution in [0.5, 0.6) is 5.75 Å². The number of allylic oxidation sites excluding steroid dienone is 2. The predicted octanol–water partition coefficient (Wildman–Crippen LogP) is 3.00. The van der Waals surface area contributed by atoms with E-state index in [1.54, 1.807) is 37.3 Å². The molecule has 0 amide bonds. The van der Waals surface area contributed by atoms with Gasteiger partial charge in [0.2, 0.25) is 0 Å². The molecule has 0 fully saturated rings. The quantitative estimate of drug-likeness (QED) is 0.419. The predicted molar refractivity (Wildman–Crippen MR) is 130 cm³/mol. The molecule has 0 saturated carbocycles. The highest BCUT2D eigenvalue weighted by Gasteiger charge is 2.33. The van der Waals surface area contributed by atoms with Crippen LogP contribution >= 0.6 is 11.3 Å². The average molecular weight is 475 g/mol. The van der Waals surface area contributed by atoms with Crippen molar-refractivity contribution in [3.8, 4) is 5.75 Å². The maximum atomic E-state index is 13.4. The number of ether oxygens (including phenoxy) is 2. The summed E-state index contributed by atoms with van der Waals surface area (Å²) in [5.74, 6) is -0.626. The highest BCUT2D eigenvalue weighted by atomic mass is 32.1. The molecule has 8 heteroatoms. The van der Waals surface area contributed by atoms with Crippen LogP contribution in [0.4, 0.5) is 0 Å². The Kier molecular flexibility index (Phi) is 6.70. The first-order chi connectivity index (χ1) is 16.4. The van der Waals surface area contributed by atoms with Crippen LogP contribution in [0.25, 0.3) is 12.2 Å². The van der Waals surface area contributed by atoms with Crippen molar-refractivity contribution in [2.24, 2.45) is 4.99 Å². The van der Waals surface area contributed by atoms with Crippen LogP contribution in [0.2, 0.25) is 0 Å². The van der Waals surface area contributed by atoms with Crippen LogP contribution < -0.4 is 19.6 Å². The van der Waals surface area contributed by atoms with E-state index < -0.39 is 18.0 Å². The van der Waals surface area contributed by atoms with Crippen molar-refractivity contribution in [1.82, 2.24) is 4.57 Å². The van der Waals surface area contributed by atoms with Gasteiger partial charge in [0, 0.05) is 6.92 Å². The normalized spacial score (nSPS) is 15.7. The van der Waals surface area contributed by atoms with E-state index in [0.717, 1.165) is 5.56 Å². The van der Waals surface area contributed by atoms with E-state index >= 15 is 0 Å². The lowest BCUT2D eigenvalue weighted by atomic mass is 9.96. The Morgan fingerprint density at radius 1 is 1.09 bits per heavy atom. The number of hydrogen-bond acceptors (Lipinski definition) is 7. The monoisotopic (exact) mass is 474 g/mol. The number of hydrogen-bond donors (Lipinski definition) is 0. The second-order valence-electron chi connectivity index (χ2n) is 7.53. The molecular formula is C26H22N2O5S. The zero-order valence-corrected chi connectivity index (χ0v) is 19.7. The van der Waals surface area contributed by atoms with Crippen molar-refractivity contribution < 1.29 is 19.1 Å². The number of rotatable bonds is 5. The summed E-state index contributed by atoms with van der Waals surface area (Å²) in [5, 5.41) is 0. The SMILES string of the molecule is COC(=O)C1=C(C)N=c2sc(=C/C=C/c3ccccc3)c(=O)n2[C@@H]1c1ccc(OC(C)=O)cc1. The minimum Gasteiger partial charge on any atom is -0.466 e. The molecule has 2 aromatic carbocycles. The summed E-state index contributed by atoms with van der Waals surface area (Å²) in [4.78, 5) is 42.4. The molecule has 1 aromatic heterocycles. The lowest BCUT2D eigenvalue weighted by Gasteiger charge is -2.24. The Labute approximate surface area is 199 Å². The standard InChI is InChI=1S/C26H22N2O5S/c1-16-22(25(31)32-3)23(19-12-14-20(15-13-19)33-17(2)29)28-24(30)21(34-26(28)27-16)11-7-10-18-8-5-4-6-9-18/h4-15,23H,1-3H3/b10-7+,21-11?/t23-/m1/s1. The number of nitrogens with zero attached hydrogens (tertiary/aromatic N) is 2. The lowest BCUT2D eigenvalue weighted by Crippen LogP contribution is -2.39. The molecule has 0 spiro atoms. The molecular weight excluding hydrogens is 452 g/mol. The van der Waals surface area contributed by atoms with Gasteiger partial charge in [-0.1, -0.05) is 66.0 Å². The number of methoxy groups -OCH3 is 1. The van der Waals surface area contributed by atoms with Crippen LogP contribution in [0.15, 0.2) is 81.7 Å². The molecule has 1 aliphatic heterocycles. The zero-order valence-electron chi connectivity index (χ0n) is 18.8. The fraction of sp³-hybridized carbons (Fsp3) is 0.154.